The van der Waals surface area contributed by atoms with Crippen LogP contribution in [0.4, 0.5) is 13.2 Å². The smallest absolute Gasteiger partial charge is 0.292 e. The SMILES string of the molecule is C[N+]1(C)CC(c2ccccc2)=C(c2ccc(F)cc2)[B-]1(c1ccc(F)cc1)c1ccc(F)cc1. The van der Waals surface area contributed by atoms with Crippen LogP contribution < -0.4 is 10.9 Å². The molecule has 0 saturated carbocycles. The van der Waals surface area contributed by atoms with Crippen molar-refractivity contribution in [2.24, 2.45) is 0 Å². The number of quaternary nitrogens is 1. The molecule has 170 valence electrons. The van der Waals surface area contributed by atoms with Crippen LogP contribution in [0.1, 0.15) is 11.1 Å². The zero-order valence-electron chi connectivity index (χ0n) is 19.2. The minimum absolute atomic E-state index is 0.306. The van der Waals surface area contributed by atoms with Crippen molar-refractivity contribution in [2.45, 2.75) is 0 Å². The second-order valence-corrected chi connectivity index (χ2v) is 9.63. The molecule has 5 rings (SSSR count). The van der Waals surface area contributed by atoms with Crippen molar-refractivity contribution >= 4 is 28.3 Å². The van der Waals surface area contributed by atoms with Gasteiger partial charge >= 0.3 is 0 Å². The molecule has 0 unspecified atom stereocenters. The summed E-state index contributed by atoms with van der Waals surface area (Å²) >= 11 is 0. The molecule has 5 heteroatoms. The van der Waals surface area contributed by atoms with Crippen molar-refractivity contribution in [1.29, 1.82) is 0 Å². The first-order chi connectivity index (χ1) is 16.3. The third kappa shape index (κ3) is 3.48. The molecule has 34 heavy (non-hydrogen) atoms. The Balaban J connectivity index is 1.93. The Morgan fingerprint density at radius 2 is 1.00 bits per heavy atom. The monoisotopic (exact) mass is 455 g/mol. The van der Waals surface area contributed by atoms with Crippen LogP contribution in [-0.2, 0) is 0 Å². The van der Waals surface area contributed by atoms with Gasteiger partial charge in [-0.2, -0.15) is 0 Å². The van der Waals surface area contributed by atoms with Crippen molar-refractivity contribution in [3.05, 3.63) is 132 Å². The van der Waals surface area contributed by atoms with Crippen molar-refractivity contribution in [3.8, 4) is 0 Å². The van der Waals surface area contributed by atoms with Crippen LogP contribution in [0.3, 0.4) is 0 Å². The molecule has 1 aliphatic rings. The van der Waals surface area contributed by atoms with Gasteiger partial charge in [0.05, 0.1) is 6.54 Å². The molecule has 0 aromatic heterocycles. The quantitative estimate of drug-likeness (QED) is 0.362. The number of benzene rings is 4. The minimum atomic E-state index is -1.75. The van der Waals surface area contributed by atoms with Crippen molar-refractivity contribution < 1.29 is 17.6 Å². The lowest BCUT2D eigenvalue weighted by molar-refractivity contribution is -0.774. The summed E-state index contributed by atoms with van der Waals surface area (Å²) in [5.74, 6) is -0.931. The Hall–Kier alpha value is -3.57. The topological polar surface area (TPSA) is 0 Å². The summed E-state index contributed by atoms with van der Waals surface area (Å²) < 4.78 is 42.6. The zero-order chi connectivity index (χ0) is 23.9. The fourth-order valence-corrected chi connectivity index (χ4v) is 5.98. The molecule has 0 fully saturated rings. The second kappa shape index (κ2) is 8.34. The van der Waals surface area contributed by atoms with Crippen LogP contribution in [0.5, 0.6) is 0 Å². The first-order valence-electron chi connectivity index (χ1n) is 11.4. The van der Waals surface area contributed by atoms with Crippen LogP contribution in [0.2, 0.25) is 0 Å². The maximum atomic E-state index is 14.1. The van der Waals surface area contributed by atoms with Gasteiger partial charge in [-0.3, -0.25) is 0 Å². The van der Waals surface area contributed by atoms with Gasteiger partial charge in [-0.25, -0.2) is 13.2 Å². The van der Waals surface area contributed by atoms with Crippen molar-refractivity contribution in [3.63, 3.8) is 0 Å². The predicted molar refractivity (Wildman–Crippen MR) is 134 cm³/mol. The van der Waals surface area contributed by atoms with Gasteiger partial charge in [0.15, 0.2) is 0 Å². The average molecular weight is 455 g/mol. The lowest BCUT2D eigenvalue weighted by Gasteiger charge is -2.53. The number of likely N-dealkylation sites (N-methyl/N-ethyl adjacent to an activating group) is 1. The van der Waals surface area contributed by atoms with Gasteiger partial charge < -0.3 is 4.39 Å². The molecule has 1 aliphatic heterocycles. The summed E-state index contributed by atoms with van der Waals surface area (Å²) in [6, 6.07) is 29.9. The van der Waals surface area contributed by atoms with E-state index >= 15 is 0 Å². The molecule has 0 saturated heterocycles. The van der Waals surface area contributed by atoms with Gasteiger partial charge in [0.2, 0.25) is 0 Å². The van der Waals surface area contributed by atoms with Crippen molar-refractivity contribution in [1.82, 2.24) is 0 Å². The van der Waals surface area contributed by atoms with E-state index in [-0.39, 0.29) is 17.5 Å². The van der Waals surface area contributed by atoms with Gasteiger partial charge in [-0.15, -0.1) is 16.4 Å². The molecule has 0 bridgehead atoms. The summed E-state index contributed by atoms with van der Waals surface area (Å²) in [4.78, 5) is 0. The largest absolute Gasteiger partial charge is 0.505 e. The first kappa shape index (κ1) is 22.2. The van der Waals surface area contributed by atoms with Crippen LogP contribution in [-0.4, -0.2) is 31.3 Å². The number of hydrogen-bond donors (Lipinski definition) is 0. The molecule has 0 spiro atoms. The summed E-state index contributed by atoms with van der Waals surface area (Å²) in [6.45, 7) is 0.700. The van der Waals surface area contributed by atoms with E-state index in [1.165, 1.54) is 36.4 Å². The summed E-state index contributed by atoms with van der Waals surface area (Å²) in [7, 11) is 4.32. The molecule has 4 aromatic carbocycles. The van der Waals surface area contributed by atoms with E-state index in [1.54, 1.807) is 0 Å². The molecule has 4 aromatic rings. The standard InChI is InChI=1S/C29H25BF3N/c1-34(2)20-28(21-6-4-3-5-7-21)29(22-8-14-25(31)15-9-22)30(34,23-10-16-26(32)17-11-23)24-12-18-27(33)19-13-24/h3-19H,20H2,1-2H3. The van der Waals surface area contributed by atoms with Gasteiger partial charge in [-0.05, 0) is 47.5 Å². The Labute approximate surface area is 198 Å². The average Bonchev–Trinajstić information content (AvgIpc) is 3.09. The lowest BCUT2D eigenvalue weighted by atomic mass is 9.21. The molecule has 0 radical (unpaired) electrons. The number of hydrogen-bond acceptors (Lipinski definition) is 0. The van der Waals surface area contributed by atoms with Crippen LogP contribution in [0.15, 0.2) is 103 Å². The molecular weight excluding hydrogens is 430 g/mol. The van der Waals surface area contributed by atoms with E-state index in [0.717, 1.165) is 33.1 Å². The van der Waals surface area contributed by atoms with E-state index in [1.807, 2.05) is 54.6 Å². The minimum Gasteiger partial charge on any atom is -0.505 e. The van der Waals surface area contributed by atoms with Crippen LogP contribution in [0.25, 0.3) is 11.0 Å². The molecule has 0 atom stereocenters. The normalized spacial score (nSPS) is 16.6. The summed E-state index contributed by atoms with van der Waals surface area (Å²) in [5, 5.41) is 0. The van der Waals surface area contributed by atoms with E-state index in [4.69, 9.17) is 0 Å². The van der Waals surface area contributed by atoms with E-state index in [9.17, 15) is 13.2 Å². The fraction of sp³-hybridized carbons (Fsp3) is 0.103. The van der Waals surface area contributed by atoms with E-state index < -0.39 is 6.28 Å². The van der Waals surface area contributed by atoms with E-state index in [2.05, 4.69) is 26.2 Å². The van der Waals surface area contributed by atoms with Gasteiger partial charge in [-0.1, -0.05) is 72.3 Å². The Morgan fingerprint density at radius 3 is 1.47 bits per heavy atom. The van der Waals surface area contributed by atoms with Crippen molar-refractivity contribution in [2.75, 3.05) is 20.6 Å². The summed E-state index contributed by atoms with van der Waals surface area (Å²) in [6.07, 6.45) is -1.75. The molecule has 0 aliphatic carbocycles. The highest BCUT2D eigenvalue weighted by Crippen LogP contribution is 2.44. The zero-order valence-corrected chi connectivity index (χ0v) is 19.2. The highest BCUT2D eigenvalue weighted by molar-refractivity contribution is 7.11. The fourth-order valence-electron chi connectivity index (χ4n) is 5.98. The molecule has 0 amide bonds. The predicted octanol–water partition coefficient (Wildman–Crippen LogP) is 5.40. The summed E-state index contributed by atoms with van der Waals surface area (Å²) in [5.41, 5.74) is 6.09. The third-order valence-corrected chi connectivity index (χ3v) is 7.34. The molecular formula is C29H25BF3N. The van der Waals surface area contributed by atoms with E-state index in [0.29, 0.717) is 10.9 Å². The number of rotatable bonds is 4. The first-order valence-corrected chi connectivity index (χ1v) is 11.4. The highest BCUT2D eigenvalue weighted by atomic mass is 19.1. The Bertz CT molecular complexity index is 1300. The van der Waals surface area contributed by atoms with Gasteiger partial charge in [0.1, 0.15) is 17.5 Å². The maximum Gasteiger partial charge on any atom is 0.292 e. The number of halogens is 3. The lowest BCUT2D eigenvalue weighted by Crippen LogP contribution is -2.75. The maximum absolute atomic E-state index is 14.1. The third-order valence-electron chi connectivity index (χ3n) is 7.34. The van der Waals surface area contributed by atoms with Gasteiger partial charge in [0, 0.05) is 14.1 Å². The van der Waals surface area contributed by atoms with Gasteiger partial charge in [0.25, 0.3) is 6.28 Å². The molecule has 0 N–H and O–H groups in total. The Morgan fingerprint density at radius 1 is 0.559 bits per heavy atom. The second-order valence-electron chi connectivity index (χ2n) is 9.63. The van der Waals surface area contributed by atoms with Crippen LogP contribution in [0, 0.1) is 17.5 Å². The van der Waals surface area contributed by atoms with Crippen LogP contribution >= 0.6 is 0 Å². The molecule has 1 nitrogen and oxygen atoms in total. The molecule has 1 heterocycles. The number of nitrogens with zero attached hydrogens (tertiary/aromatic N) is 1. The Kier molecular flexibility index (Phi) is 5.45. The highest BCUT2D eigenvalue weighted by Gasteiger charge is 2.53.